The largest absolute Gasteiger partial charge is 0.492 e. The van der Waals surface area contributed by atoms with Crippen molar-refractivity contribution < 1.29 is 18.3 Å². The average Bonchev–Trinajstić information content (AvgIpc) is 3.26. The summed E-state index contributed by atoms with van der Waals surface area (Å²) in [5, 5.41) is -1.70. The van der Waals surface area contributed by atoms with Crippen LogP contribution in [-0.2, 0) is 16.6 Å². The molecule has 0 N–H and O–H groups in total. The first-order chi connectivity index (χ1) is 13.8. The van der Waals surface area contributed by atoms with Gasteiger partial charge in [-0.3, -0.25) is 7.91 Å². The van der Waals surface area contributed by atoms with Gasteiger partial charge in [0, 0.05) is 11.1 Å². The maximum Gasteiger partial charge on any atom is 0.242 e. The Morgan fingerprint density at radius 2 is 2.14 bits per heavy atom. The minimum Gasteiger partial charge on any atom is -0.492 e. The van der Waals surface area contributed by atoms with E-state index in [1.165, 1.54) is 16.4 Å². The molecule has 150 valence electrons. The van der Waals surface area contributed by atoms with Crippen molar-refractivity contribution in [1.82, 2.24) is 4.98 Å². The van der Waals surface area contributed by atoms with E-state index in [2.05, 4.69) is 14.2 Å². The van der Waals surface area contributed by atoms with Crippen LogP contribution in [0.5, 0.6) is 5.75 Å². The average molecular weight is 524 g/mol. The predicted molar refractivity (Wildman–Crippen MR) is 121 cm³/mol. The molecule has 0 saturated heterocycles. The number of alkyl halides is 1. The molecule has 1 aliphatic rings. The third-order valence-electron chi connectivity index (χ3n) is 4.88. The van der Waals surface area contributed by atoms with Crippen molar-refractivity contribution in [3.63, 3.8) is 0 Å². The van der Waals surface area contributed by atoms with Crippen LogP contribution in [0.3, 0.4) is 0 Å². The molecule has 4 rings (SSSR count). The molecule has 3 aromatic rings. The minimum atomic E-state index is -1.70. The Morgan fingerprint density at radius 1 is 1.34 bits per heavy atom. The van der Waals surface area contributed by atoms with Gasteiger partial charge in [0.1, 0.15) is 17.8 Å². The second kappa shape index (κ2) is 8.03. The van der Waals surface area contributed by atoms with Crippen LogP contribution in [-0.4, -0.2) is 17.5 Å². The number of anilines is 1. The molecule has 29 heavy (non-hydrogen) atoms. The number of amides is 1. The van der Waals surface area contributed by atoms with E-state index in [1.807, 2.05) is 47.1 Å². The van der Waals surface area contributed by atoms with Crippen LogP contribution in [0.25, 0.3) is 11.3 Å². The molecule has 8 heteroatoms. The summed E-state index contributed by atoms with van der Waals surface area (Å²) in [6.45, 7) is 1.77. The van der Waals surface area contributed by atoms with Gasteiger partial charge in [0.2, 0.25) is 5.91 Å². The third-order valence-corrected chi connectivity index (χ3v) is 6.22. The van der Waals surface area contributed by atoms with Crippen LogP contribution in [0.4, 0.5) is 10.1 Å². The highest BCUT2D eigenvalue weighted by atomic mass is 127. The molecule has 2 aromatic carbocycles. The van der Waals surface area contributed by atoms with E-state index in [0.717, 1.165) is 11.3 Å². The van der Waals surface area contributed by atoms with Crippen molar-refractivity contribution in [2.45, 2.75) is 18.8 Å². The molecule has 3 unspecified atom stereocenters. The zero-order valence-electron chi connectivity index (χ0n) is 15.6. The van der Waals surface area contributed by atoms with Gasteiger partial charge in [-0.1, -0.05) is 27.4 Å². The molecule has 0 spiro atoms. The summed E-state index contributed by atoms with van der Waals surface area (Å²) in [6.07, 6.45) is 3.46. The van der Waals surface area contributed by atoms with Gasteiger partial charge in [0.05, 0.1) is 40.7 Å². The predicted octanol–water partition coefficient (Wildman–Crippen LogP) is 5.29. The molecule has 0 bridgehead atoms. The first-order valence-electron chi connectivity index (χ1n) is 9.06. The van der Waals surface area contributed by atoms with Crippen LogP contribution in [0.15, 0.2) is 59.5 Å². The number of carbonyl (C=O) groups excluding carboxylic acids is 1. The fourth-order valence-electron chi connectivity index (χ4n) is 3.40. The van der Waals surface area contributed by atoms with Crippen molar-refractivity contribution in [2.24, 2.45) is 5.92 Å². The number of para-hydroxylation sites is 1. The zero-order chi connectivity index (χ0) is 20.6. The fraction of sp³-hybridized carbons (Fsp3) is 0.238. The zero-order valence-corrected chi connectivity index (χ0v) is 19.0. The van der Waals surface area contributed by atoms with Gasteiger partial charge in [-0.05, 0) is 43.2 Å². The monoisotopic (exact) mass is 524 g/mol. The lowest BCUT2D eigenvalue weighted by Crippen LogP contribution is -2.36. The smallest absolute Gasteiger partial charge is 0.242 e. The van der Waals surface area contributed by atoms with Crippen molar-refractivity contribution >= 4 is 43.7 Å². The molecule has 2 heterocycles. The Morgan fingerprint density at radius 3 is 2.86 bits per heavy atom. The number of oxazole rings is 1. The highest BCUT2D eigenvalue weighted by Crippen LogP contribution is 2.41. The molecular formula is C21H19FIN2O3P. The quantitative estimate of drug-likeness (QED) is 0.265. The lowest BCUT2D eigenvalue weighted by atomic mass is 9.95. The Labute approximate surface area is 184 Å². The number of carbonyl (C=O) groups is 1. The summed E-state index contributed by atoms with van der Waals surface area (Å²) < 4.78 is 27.5. The normalized spacial score (nSPS) is 17.7. The van der Waals surface area contributed by atoms with Crippen molar-refractivity contribution in [1.29, 1.82) is 0 Å². The van der Waals surface area contributed by atoms with Crippen LogP contribution >= 0.6 is 32.1 Å². The van der Waals surface area contributed by atoms with E-state index in [1.54, 1.807) is 24.4 Å². The Bertz CT molecular complexity index is 1040. The number of benzene rings is 2. The molecule has 0 saturated carbocycles. The summed E-state index contributed by atoms with van der Waals surface area (Å²) in [6, 6.07) is 12.9. The maximum atomic E-state index is 14.9. The summed E-state index contributed by atoms with van der Waals surface area (Å²) in [7, 11) is 2.19. The third kappa shape index (κ3) is 4.16. The molecule has 1 amide bonds. The first kappa shape index (κ1) is 20.3. The Balaban J connectivity index is 1.62. The number of hydrogen-bond donors (Lipinski definition) is 0. The second-order valence-electron chi connectivity index (χ2n) is 7.11. The van der Waals surface area contributed by atoms with Crippen LogP contribution in [0, 0.1) is 5.92 Å². The maximum absolute atomic E-state index is 14.9. The van der Waals surface area contributed by atoms with E-state index in [-0.39, 0.29) is 11.8 Å². The van der Waals surface area contributed by atoms with Gasteiger partial charge >= 0.3 is 0 Å². The number of aromatic nitrogens is 1. The number of nitrogens with zero attached hydrogens (tertiary/aromatic N) is 2. The molecule has 3 atom stereocenters. The molecule has 0 fully saturated rings. The Kier molecular flexibility index (Phi) is 5.62. The standard InChI is InChI=1S/C21H19FIN2O3P/c1-21(22,29)17-9-15(6-7-16(17)19-10-24-12-28-19)25(23)20(26)14-8-13-4-2-3-5-18(13)27-11-14/h2-7,9-10,12,14H,8,11,29H2,1H3. The second-order valence-corrected chi connectivity index (χ2v) is 9.16. The minimum absolute atomic E-state index is 0.0808. The molecule has 0 radical (unpaired) electrons. The molecule has 0 aliphatic carbocycles. The summed E-state index contributed by atoms with van der Waals surface area (Å²) in [5.41, 5.74) is 2.61. The topological polar surface area (TPSA) is 55.6 Å². The van der Waals surface area contributed by atoms with Crippen molar-refractivity contribution in [3.05, 3.63) is 66.2 Å². The lowest BCUT2D eigenvalue weighted by molar-refractivity contribution is -0.122. The van der Waals surface area contributed by atoms with Crippen LogP contribution in [0.1, 0.15) is 18.1 Å². The number of fused-ring (bicyclic) bond motifs is 1. The number of rotatable bonds is 4. The summed E-state index contributed by atoms with van der Waals surface area (Å²) >= 11 is 1.97. The van der Waals surface area contributed by atoms with Crippen molar-refractivity contribution in [3.8, 4) is 17.1 Å². The highest BCUT2D eigenvalue weighted by molar-refractivity contribution is 14.1. The number of hydrogen-bond acceptors (Lipinski definition) is 4. The van der Waals surface area contributed by atoms with E-state index >= 15 is 0 Å². The highest BCUT2D eigenvalue weighted by Gasteiger charge is 2.31. The summed E-state index contributed by atoms with van der Waals surface area (Å²) in [5.74, 6) is 0.919. The van der Waals surface area contributed by atoms with Crippen molar-refractivity contribution in [2.75, 3.05) is 9.72 Å². The molecule has 1 aromatic heterocycles. The van der Waals surface area contributed by atoms with Crippen LogP contribution < -0.4 is 7.85 Å². The van der Waals surface area contributed by atoms with E-state index in [4.69, 9.17) is 9.15 Å². The molecule has 5 nitrogen and oxygen atoms in total. The van der Waals surface area contributed by atoms with E-state index in [0.29, 0.717) is 35.6 Å². The lowest BCUT2D eigenvalue weighted by Gasteiger charge is -2.28. The molecular weight excluding hydrogens is 505 g/mol. The summed E-state index contributed by atoms with van der Waals surface area (Å²) in [4.78, 5) is 17.0. The SMILES string of the molecule is CC(F)(P)c1cc(N(I)C(=O)C2COc3ccccc3C2)ccc1-c1cnco1. The van der Waals surface area contributed by atoms with Gasteiger partial charge in [-0.25, -0.2) is 9.37 Å². The van der Waals surface area contributed by atoms with Gasteiger partial charge in [-0.2, -0.15) is 0 Å². The fourth-order valence-corrected chi connectivity index (χ4v) is 4.33. The Hall–Kier alpha value is -1.99. The van der Waals surface area contributed by atoms with Gasteiger partial charge in [-0.15, -0.1) is 0 Å². The van der Waals surface area contributed by atoms with E-state index < -0.39 is 5.41 Å². The number of ether oxygens (including phenoxy) is 1. The van der Waals surface area contributed by atoms with Gasteiger partial charge < -0.3 is 9.15 Å². The number of halogens is 2. The van der Waals surface area contributed by atoms with E-state index in [9.17, 15) is 9.18 Å². The molecule has 1 aliphatic heterocycles. The van der Waals surface area contributed by atoms with Gasteiger partial charge in [0.25, 0.3) is 0 Å². The first-order valence-corrected chi connectivity index (χ1v) is 10.6. The van der Waals surface area contributed by atoms with Gasteiger partial charge in [0.15, 0.2) is 12.2 Å². The van der Waals surface area contributed by atoms with Crippen LogP contribution in [0.2, 0.25) is 0 Å².